The lowest BCUT2D eigenvalue weighted by Gasteiger charge is -2.27. The Labute approximate surface area is 134 Å². The molecule has 1 aliphatic heterocycles. The van der Waals surface area contributed by atoms with E-state index in [0.717, 1.165) is 11.8 Å². The summed E-state index contributed by atoms with van der Waals surface area (Å²) in [4.78, 5) is 34.8. The molecule has 0 radical (unpaired) electrons. The van der Waals surface area contributed by atoms with Gasteiger partial charge in [-0.3, -0.25) is 9.69 Å². The van der Waals surface area contributed by atoms with Gasteiger partial charge in [0.1, 0.15) is 15.8 Å². The normalized spacial score (nSPS) is 18.0. The molecule has 0 saturated carbocycles. The SMILES string of the molecule is Cc1ccc(/C=C2\SC(=S)N([C@H](CC(=O)[O-])C(=O)[O-])C2=O)o1. The third kappa shape index (κ3) is 3.37. The lowest BCUT2D eigenvalue weighted by molar-refractivity contribution is -0.319. The summed E-state index contributed by atoms with van der Waals surface area (Å²) < 4.78 is 5.24. The fourth-order valence-electron chi connectivity index (χ4n) is 1.85. The molecule has 0 bridgehead atoms. The number of carboxylic acid groups (broad SMARTS) is 2. The zero-order valence-corrected chi connectivity index (χ0v) is 12.9. The number of aryl methyl sites for hydroxylation is 1. The molecule has 0 aliphatic carbocycles. The Kier molecular flexibility index (Phi) is 4.67. The summed E-state index contributed by atoms with van der Waals surface area (Å²) in [5, 5.41) is 21.7. The van der Waals surface area contributed by atoms with Gasteiger partial charge in [-0.1, -0.05) is 24.0 Å². The molecule has 1 aromatic rings. The Bertz CT molecular complexity index is 692. The van der Waals surface area contributed by atoms with Gasteiger partial charge in [0.25, 0.3) is 5.91 Å². The van der Waals surface area contributed by atoms with Crippen LogP contribution >= 0.6 is 24.0 Å². The molecule has 1 aromatic heterocycles. The summed E-state index contributed by atoms with van der Waals surface area (Å²) in [5.41, 5.74) is 0. The van der Waals surface area contributed by atoms with E-state index in [4.69, 9.17) is 16.6 Å². The van der Waals surface area contributed by atoms with Crippen molar-refractivity contribution in [3.8, 4) is 0 Å². The number of aliphatic carboxylic acids is 2. The molecule has 22 heavy (non-hydrogen) atoms. The highest BCUT2D eigenvalue weighted by Crippen LogP contribution is 2.34. The van der Waals surface area contributed by atoms with Gasteiger partial charge in [0, 0.05) is 18.5 Å². The molecule has 0 unspecified atom stereocenters. The van der Waals surface area contributed by atoms with E-state index in [1.54, 1.807) is 19.1 Å². The number of thioether (sulfide) groups is 1. The van der Waals surface area contributed by atoms with Gasteiger partial charge in [-0.05, 0) is 19.1 Å². The number of nitrogens with zero attached hydrogens (tertiary/aromatic N) is 1. The average molecular weight is 339 g/mol. The molecule has 2 rings (SSSR count). The van der Waals surface area contributed by atoms with Crippen molar-refractivity contribution in [1.82, 2.24) is 4.90 Å². The Hall–Kier alpha value is -2.13. The predicted molar refractivity (Wildman–Crippen MR) is 76.9 cm³/mol. The first-order chi connectivity index (χ1) is 10.3. The maximum Gasteiger partial charge on any atom is 0.266 e. The number of hydrogen-bond donors (Lipinski definition) is 0. The van der Waals surface area contributed by atoms with Crippen molar-refractivity contribution in [2.45, 2.75) is 19.4 Å². The Morgan fingerprint density at radius 1 is 1.45 bits per heavy atom. The van der Waals surface area contributed by atoms with Crippen LogP contribution in [-0.4, -0.2) is 33.1 Å². The largest absolute Gasteiger partial charge is 0.550 e. The molecule has 7 nitrogen and oxygen atoms in total. The van der Waals surface area contributed by atoms with Gasteiger partial charge in [-0.2, -0.15) is 0 Å². The van der Waals surface area contributed by atoms with Crippen LogP contribution in [0, 0.1) is 6.92 Å². The van der Waals surface area contributed by atoms with Crippen molar-refractivity contribution in [2.24, 2.45) is 0 Å². The number of hydrogen-bond acceptors (Lipinski definition) is 8. The average Bonchev–Trinajstić information content (AvgIpc) is 2.92. The molecular weight excluding hydrogens is 330 g/mol. The fraction of sp³-hybridized carbons (Fsp3) is 0.231. The zero-order chi connectivity index (χ0) is 16.4. The highest BCUT2D eigenvalue weighted by molar-refractivity contribution is 8.26. The van der Waals surface area contributed by atoms with Crippen LogP contribution in [0.15, 0.2) is 21.5 Å². The van der Waals surface area contributed by atoms with Crippen LogP contribution in [0.2, 0.25) is 0 Å². The topological polar surface area (TPSA) is 114 Å². The van der Waals surface area contributed by atoms with Crippen molar-refractivity contribution in [1.29, 1.82) is 0 Å². The van der Waals surface area contributed by atoms with Gasteiger partial charge in [0.15, 0.2) is 0 Å². The van der Waals surface area contributed by atoms with E-state index in [9.17, 15) is 24.6 Å². The summed E-state index contributed by atoms with van der Waals surface area (Å²) in [6.45, 7) is 1.73. The quantitative estimate of drug-likeness (QED) is 0.498. The first-order valence-electron chi connectivity index (χ1n) is 6.04. The zero-order valence-electron chi connectivity index (χ0n) is 11.2. The molecule has 1 saturated heterocycles. The molecule has 1 aliphatic rings. The number of carbonyl (C=O) groups excluding carboxylic acids is 3. The van der Waals surface area contributed by atoms with Crippen molar-refractivity contribution in [3.05, 3.63) is 28.6 Å². The van der Waals surface area contributed by atoms with Crippen molar-refractivity contribution in [2.75, 3.05) is 0 Å². The summed E-state index contributed by atoms with van der Waals surface area (Å²) in [5.74, 6) is -2.99. The van der Waals surface area contributed by atoms with Gasteiger partial charge in [-0.15, -0.1) is 0 Å². The number of thiocarbonyl (C=S) groups is 1. The number of furan rings is 1. The summed E-state index contributed by atoms with van der Waals surface area (Å²) >= 11 is 5.82. The minimum Gasteiger partial charge on any atom is -0.550 e. The van der Waals surface area contributed by atoms with E-state index in [2.05, 4.69) is 0 Å². The number of amides is 1. The molecular formula is C13H9NO6S2-2. The lowest BCUT2D eigenvalue weighted by atomic mass is 10.2. The molecule has 2 heterocycles. The number of rotatable bonds is 5. The maximum absolute atomic E-state index is 12.3. The molecule has 0 N–H and O–H groups in total. The minimum atomic E-state index is -1.71. The summed E-state index contributed by atoms with van der Waals surface area (Å²) in [6.07, 6.45) is 0.513. The van der Waals surface area contributed by atoms with Crippen LogP contribution in [0.5, 0.6) is 0 Å². The van der Waals surface area contributed by atoms with Crippen molar-refractivity contribution >= 4 is 52.2 Å². The monoisotopic (exact) mass is 339 g/mol. The van der Waals surface area contributed by atoms with E-state index < -0.39 is 30.3 Å². The Morgan fingerprint density at radius 3 is 2.64 bits per heavy atom. The van der Waals surface area contributed by atoms with E-state index >= 15 is 0 Å². The first-order valence-corrected chi connectivity index (χ1v) is 7.26. The maximum atomic E-state index is 12.3. The van der Waals surface area contributed by atoms with Crippen molar-refractivity contribution < 1.29 is 29.0 Å². The van der Waals surface area contributed by atoms with Gasteiger partial charge >= 0.3 is 0 Å². The third-order valence-electron chi connectivity index (χ3n) is 2.80. The second-order valence-corrected chi connectivity index (χ2v) is 6.09. The van der Waals surface area contributed by atoms with E-state index in [1.807, 2.05) is 0 Å². The molecule has 1 atom stereocenters. The molecule has 9 heteroatoms. The second-order valence-electron chi connectivity index (χ2n) is 4.41. The summed E-state index contributed by atoms with van der Waals surface area (Å²) in [6, 6.07) is 1.63. The molecule has 0 spiro atoms. The van der Waals surface area contributed by atoms with Crippen LogP contribution in [0.25, 0.3) is 6.08 Å². The van der Waals surface area contributed by atoms with Crippen LogP contribution < -0.4 is 10.2 Å². The van der Waals surface area contributed by atoms with Crippen LogP contribution in [0.3, 0.4) is 0 Å². The van der Waals surface area contributed by atoms with Gasteiger partial charge in [0.05, 0.1) is 16.9 Å². The highest BCUT2D eigenvalue weighted by atomic mass is 32.2. The first kappa shape index (κ1) is 16.2. The van der Waals surface area contributed by atoms with E-state index in [1.165, 1.54) is 6.08 Å². The second kappa shape index (κ2) is 6.32. The smallest absolute Gasteiger partial charge is 0.266 e. The number of carboxylic acids is 2. The predicted octanol–water partition coefficient (Wildman–Crippen LogP) is -0.952. The molecule has 1 fully saturated rings. The minimum absolute atomic E-state index is 0.0602. The Morgan fingerprint density at radius 2 is 2.14 bits per heavy atom. The van der Waals surface area contributed by atoms with Gasteiger partial charge in [0.2, 0.25) is 0 Å². The van der Waals surface area contributed by atoms with Crippen LogP contribution in [-0.2, 0) is 14.4 Å². The van der Waals surface area contributed by atoms with Crippen molar-refractivity contribution in [3.63, 3.8) is 0 Å². The van der Waals surface area contributed by atoms with Crippen LogP contribution in [0.1, 0.15) is 17.9 Å². The van der Waals surface area contributed by atoms with Gasteiger partial charge < -0.3 is 24.2 Å². The van der Waals surface area contributed by atoms with E-state index in [0.29, 0.717) is 16.4 Å². The van der Waals surface area contributed by atoms with Crippen LogP contribution in [0.4, 0.5) is 0 Å². The Balaban J connectivity index is 2.29. The molecule has 116 valence electrons. The van der Waals surface area contributed by atoms with Gasteiger partial charge in [-0.25, -0.2) is 0 Å². The molecule has 0 aromatic carbocycles. The standard InChI is InChI=1S/C13H11NO6S2/c1-6-2-3-7(20-6)4-9-11(17)14(13(21)22-9)8(12(18)19)5-10(15)16/h2-4,8H,5H2,1H3,(H,15,16)(H,18,19)/p-2/b9-4-/t8-/m1/s1. The molecule has 1 amide bonds. The summed E-state index contributed by atoms with van der Waals surface area (Å²) in [7, 11) is 0. The number of carbonyl (C=O) groups is 3. The third-order valence-corrected chi connectivity index (χ3v) is 4.13. The van der Waals surface area contributed by atoms with E-state index in [-0.39, 0.29) is 9.23 Å². The highest BCUT2D eigenvalue weighted by Gasteiger charge is 2.38. The fourth-order valence-corrected chi connectivity index (χ4v) is 3.18. The lowest BCUT2D eigenvalue weighted by Crippen LogP contribution is -2.52.